The zero-order chi connectivity index (χ0) is 14.4. The number of aryl methyl sites for hydroxylation is 2. The molecule has 0 saturated heterocycles. The molecule has 0 aliphatic rings. The van der Waals surface area contributed by atoms with E-state index in [0.29, 0.717) is 17.8 Å². The highest BCUT2D eigenvalue weighted by Gasteiger charge is 2.11. The molecule has 0 aliphatic carbocycles. The lowest BCUT2D eigenvalue weighted by atomic mass is 10.1. The number of anilines is 1. The van der Waals surface area contributed by atoms with Crippen LogP contribution in [0.4, 0.5) is 5.69 Å². The first-order valence-corrected chi connectivity index (χ1v) is 6.77. The third-order valence-electron chi connectivity index (χ3n) is 3.22. The third kappa shape index (κ3) is 3.60. The Morgan fingerprint density at radius 3 is 2.95 bits per heavy atom. The predicted molar refractivity (Wildman–Crippen MR) is 79.4 cm³/mol. The number of unbranched alkanes of at least 4 members (excludes halogenated alkanes) is 1. The van der Waals surface area contributed by atoms with Crippen LogP contribution >= 0.6 is 0 Å². The number of nitrogen functional groups attached to an aromatic ring is 1. The van der Waals surface area contributed by atoms with Crippen LogP contribution in [0.1, 0.15) is 28.8 Å². The van der Waals surface area contributed by atoms with Crippen molar-refractivity contribution in [1.82, 2.24) is 14.9 Å². The second kappa shape index (κ2) is 6.75. The maximum atomic E-state index is 12.1. The quantitative estimate of drug-likeness (QED) is 0.624. The second-order valence-electron chi connectivity index (χ2n) is 4.80. The van der Waals surface area contributed by atoms with Gasteiger partial charge in [0.1, 0.15) is 0 Å². The summed E-state index contributed by atoms with van der Waals surface area (Å²) in [6.45, 7) is 3.47. The highest BCUT2D eigenvalue weighted by Crippen LogP contribution is 2.15. The van der Waals surface area contributed by atoms with Gasteiger partial charge in [-0.15, -0.1) is 0 Å². The molecule has 106 valence electrons. The Balaban J connectivity index is 1.75. The molecule has 3 N–H and O–H groups in total. The first-order chi connectivity index (χ1) is 9.68. The lowest BCUT2D eigenvalue weighted by Crippen LogP contribution is -2.26. The number of nitrogens with one attached hydrogen (secondary N) is 1. The van der Waals surface area contributed by atoms with Gasteiger partial charge >= 0.3 is 0 Å². The fourth-order valence-electron chi connectivity index (χ4n) is 2.13. The molecular formula is C15H20N4O. The number of nitrogens with zero attached hydrogens (tertiary/aromatic N) is 2. The average molecular weight is 272 g/mol. The van der Waals surface area contributed by atoms with Crippen molar-refractivity contribution in [3.05, 3.63) is 48.0 Å². The van der Waals surface area contributed by atoms with Crippen molar-refractivity contribution in [2.45, 2.75) is 26.3 Å². The Bertz CT molecular complexity index is 543. The van der Waals surface area contributed by atoms with Gasteiger partial charge in [-0.3, -0.25) is 4.79 Å². The van der Waals surface area contributed by atoms with Crippen LogP contribution in [0.2, 0.25) is 0 Å². The highest BCUT2D eigenvalue weighted by atomic mass is 16.1. The van der Waals surface area contributed by atoms with E-state index in [1.54, 1.807) is 18.6 Å². The van der Waals surface area contributed by atoms with Gasteiger partial charge in [0, 0.05) is 31.2 Å². The van der Waals surface area contributed by atoms with E-state index in [1.807, 2.05) is 29.8 Å². The number of nitrogens with two attached hydrogens (primary N) is 1. The standard InChI is InChI=1S/C15H20N4O/c1-12-5-4-6-13(16)14(12)15(20)18-7-2-3-9-19-10-8-17-11-19/h4-6,8,10-11H,2-3,7,9,16H2,1H3,(H,18,20). The zero-order valence-electron chi connectivity index (χ0n) is 11.7. The molecular weight excluding hydrogens is 252 g/mol. The lowest BCUT2D eigenvalue weighted by Gasteiger charge is -2.10. The van der Waals surface area contributed by atoms with Crippen LogP contribution < -0.4 is 11.1 Å². The molecule has 1 amide bonds. The Labute approximate surface area is 118 Å². The monoisotopic (exact) mass is 272 g/mol. The molecule has 0 atom stereocenters. The Morgan fingerprint density at radius 2 is 2.25 bits per heavy atom. The molecule has 2 rings (SSSR count). The van der Waals surface area contributed by atoms with E-state index >= 15 is 0 Å². The van der Waals surface area contributed by atoms with Crippen LogP contribution in [0.3, 0.4) is 0 Å². The number of rotatable bonds is 6. The number of imidazole rings is 1. The number of carbonyl (C=O) groups is 1. The van der Waals surface area contributed by atoms with Crippen LogP contribution in [0.25, 0.3) is 0 Å². The van der Waals surface area contributed by atoms with E-state index in [4.69, 9.17) is 5.73 Å². The number of hydrogen-bond donors (Lipinski definition) is 2. The van der Waals surface area contributed by atoms with Gasteiger partial charge < -0.3 is 15.6 Å². The first-order valence-electron chi connectivity index (χ1n) is 6.77. The maximum absolute atomic E-state index is 12.1. The van der Waals surface area contributed by atoms with E-state index in [0.717, 1.165) is 24.9 Å². The molecule has 5 nitrogen and oxygen atoms in total. The highest BCUT2D eigenvalue weighted by molar-refractivity contribution is 6.00. The molecule has 5 heteroatoms. The topological polar surface area (TPSA) is 72.9 Å². The number of aromatic nitrogens is 2. The maximum Gasteiger partial charge on any atom is 0.253 e. The summed E-state index contributed by atoms with van der Waals surface area (Å²) >= 11 is 0. The minimum Gasteiger partial charge on any atom is -0.398 e. The molecule has 0 saturated carbocycles. The number of amides is 1. The number of hydrogen-bond acceptors (Lipinski definition) is 3. The summed E-state index contributed by atoms with van der Waals surface area (Å²) in [6.07, 6.45) is 7.43. The largest absolute Gasteiger partial charge is 0.398 e. The summed E-state index contributed by atoms with van der Waals surface area (Å²) < 4.78 is 2.03. The molecule has 0 radical (unpaired) electrons. The van der Waals surface area contributed by atoms with Crippen molar-refractivity contribution >= 4 is 11.6 Å². The SMILES string of the molecule is Cc1cccc(N)c1C(=O)NCCCCn1ccnc1. The van der Waals surface area contributed by atoms with E-state index in [9.17, 15) is 4.79 Å². The second-order valence-corrected chi connectivity index (χ2v) is 4.80. The van der Waals surface area contributed by atoms with Crippen molar-refractivity contribution in [3.63, 3.8) is 0 Å². The van der Waals surface area contributed by atoms with Gasteiger partial charge in [-0.25, -0.2) is 4.98 Å². The van der Waals surface area contributed by atoms with Crippen LogP contribution in [-0.2, 0) is 6.54 Å². The van der Waals surface area contributed by atoms with Gasteiger partial charge in [0.15, 0.2) is 0 Å². The van der Waals surface area contributed by atoms with Crippen LogP contribution in [-0.4, -0.2) is 22.0 Å². The van der Waals surface area contributed by atoms with E-state index < -0.39 is 0 Å². The first kappa shape index (κ1) is 14.1. The van der Waals surface area contributed by atoms with Gasteiger partial charge in [-0.1, -0.05) is 12.1 Å². The number of benzene rings is 1. The fourth-order valence-corrected chi connectivity index (χ4v) is 2.13. The predicted octanol–water partition coefficient (Wildman–Crippen LogP) is 1.98. The van der Waals surface area contributed by atoms with Gasteiger partial charge in [0.25, 0.3) is 5.91 Å². The fraction of sp³-hybridized carbons (Fsp3) is 0.333. The molecule has 0 aliphatic heterocycles. The summed E-state index contributed by atoms with van der Waals surface area (Å²) in [7, 11) is 0. The summed E-state index contributed by atoms with van der Waals surface area (Å²) in [5, 5.41) is 2.92. The molecule has 1 heterocycles. The van der Waals surface area contributed by atoms with Crippen molar-refractivity contribution < 1.29 is 4.79 Å². The van der Waals surface area contributed by atoms with E-state index in [-0.39, 0.29) is 5.91 Å². The number of carbonyl (C=O) groups excluding carboxylic acids is 1. The van der Waals surface area contributed by atoms with Crippen molar-refractivity contribution in [1.29, 1.82) is 0 Å². The normalized spacial score (nSPS) is 10.4. The van der Waals surface area contributed by atoms with Crippen molar-refractivity contribution in [3.8, 4) is 0 Å². The van der Waals surface area contributed by atoms with Crippen LogP contribution in [0.5, 0.6) is 0 Å². The molecule has 0 spiro atoms. The van der Waals surface area contributed by atoms with Crippen LogP contribution in [0, 0.1) is 6.92 Å². The minimum atomic E-state index is -0.0942. The Kier molecular flexibility index (Phi) is 4.76. The Morgan fingerprint density at radius 1 is 1.40 bits per heavy atom. The molecule has 2 aromatic rings. The zero-order valence-corrected chi connectivity index (χ0v) is 11.7. The van der Waals surface area contributed by atoms with Gasteiger partial charge in [-0.05, 0) is 31.4 Å². The summed E-state index contributed by atoms with van der Waals surface area (Å²) in [5.41, 5.74) is 7.86. The summed E-state index contributed by atoms with van der Waals surface area (Å²) in [4.78, 5) is 16.1. The molecule has 0 unspecified atom stereocenters. The van der Waals surface area contributed by atoms with Gasteiger partial charge in [0.2, 0.25) is 0 Å². The molecule has 0 bridgehead atoms. The van der Waals surface area contributed by atoms with E-state index in [2.05, 4.69) is 10.3 Å². The van der Waals surface area contributed by atoms with Crippen LogP contribution in [0.15, 0.2) is 36.9 Å². The van der Waals surface area contributed by atoms with Crippen molar-refractivity contribution in [2.75, 3.05) is 12.3 Å². The van der Waals surface area contributed by atoms with Gasteiger partial charge in [0.05, 0.1) is 11.9 Å². The Hall–Kier alpha value is -2.30. The summed E-state index contributed by atoms with van der Waals surface area (Å²) in [6, 6.07) is 5.50. The van der Waals surface area contributed by atoms with E-state index in [1.165, 1.54) is 0 Å². The summed E-state index contributed by atoms with van der Waals surface area (Å²) in [5.74, 6) is -0.0942. The third-order valence-corrected chi connectivity index (χ3v) is 3.22. The molecule has 0 fully saturated rings. The van der Waals surface area contributed by atoms with Gasteiger partial charge in [-0.2, -0.15) is 0 Å². The average Bonchev–Trinajstić information content (AvgIpc) is 2.91. The lowest BCUT2D eigenvalue weighted by molar-refractivity contribution is 0.0953. The minimum absolute atomic E-state index is 0.0942. The van der Waals surface area contributed by atoms with Crippen molar-refractivity contribution in [2.24, 2.45) is 0 Å². The molecule has 20 heavy (non-hydrogen) atoms. The molecule has 1 aromatic heterocycles. The smallest absolute Gasteiger partial charge is 0.253 e. The molecule has 1 aromatic carbocycles.